The minimum Gasteiger partial charge on any atom is -0.356 e. The number of amides is 1. The first-order valence-corrected chi connectivity index (χ1v) is 9.06. The molecule has 1 amide bonds. The van der Waals surface area contributed by atoms with E-state index in [2.05, 4.69) is 34.0 Å². The summed E-state index contributed by atoms with van der Waals surface area (Å²) >= 11 is 0. The van der Waals surface area contributed by atoms with Crippen molar-refractivity contribution in [2.24, 2.45) is 5.92 Å². The maximum absolute atomic E-state index is 12.7. The van der Waals surface area contributed by atoms with Crippen LogP contribution in [0.3, 0.4) is 0 Å². The van der Waals surface area contributed by atoms with E-state index in [9.17, 15) is 4.79 Å². The number of benzene rings is 1. The van der Waals surface area contributed by atoms with Gasteiger partial charge in [-0.25, -0.2) is 9.97 Å². The Morgan fingerprint density at radius 3 is 2.68 bits per heavy atom. The molecule has 0 atom stereocenters. The Morgan fingerprint density at radius 1 is 1.24 bits per heavy atom. The molecule has 0 unspecified atom stereocenters. The van der Waals surface area contributed by atoms with Crippen molar-refractivity contribution in [1.82, 2.24) is 9.97 Å². The molecule has 1 aromatic carbocycles. The van der Waals surface area contributed by atoms with Gasteiger partial charge in [0.25, 0.3) is 5.91 Å². The highest BCUT2D eigenvalue weighted by Gasteiger charge is 2.19. The van der Waals surface area contributed by atoms with Gasteiger partial charge in [-0.2, -0.15) is 0 Å². The molecule has 0 spiro atoms. The third kappa shape index (κ3) is 4.16. The molecule has 1 fully saturated rings. The molecule has 0 aliphatic carbocycles. The van der Waals surface area contributed by atoms with Crippen molar-refractivity contribution >= 4 is 17.4 Å². The lowest BCUT2D eigenvalue weighted by atomic mass is 9.99. The highest BCUT2D eigenvalue weighted by atomic mass is 16.1. The predicted octanol–water partition coefficient (Wildman–Crippen LogP) is 3.84. The largest absolute Gasteiger partial charge is 0.356 e. The van der Waals surface area contributed by atoms with Crippen molar-refractivity contribution in [1.29, 1.82) is 0 Å². The first-order valence-electron chi connectivity index (χ1n) is 9.06. The van der Waals surface area contributed by atoms with Gasteiger partial charge in [0, 0.05) is 24.8 Å². The zero-order chi connectivity index (χ0) is 17.8. The Balaban J connectivity index is 1.81. The Bertz CT molecular complexity index is 751. The number of nitrogens with one attached hydrogen (secondary N) is 1. The van der Waals surface area contributed by atoms with Gasteiger partial charge in [0.1, 0.15) is 17.3 Å². The average molecular weight is 338 g/mol. The molecule has 1 aliphatic heterocycles. The third-order valence-electron chi connectivity index (χ3n) is 4.81. The van der Waals surface area contributed by atoms with Crippen LogP contribution in [0.15, 0.2) is 30.3 Å². The second-order valence-electron chi connectivity index (χ2n) is 6.79. The van der Waals surface area contributed by atoms with E-state index >= 15 is 0 Å². The van der Waals surface area contributed by atoms with Crippen LogP contribution in [0.2, 0.25) is 0 Å². The van der Waals surface area contributed by atoms with Gasteiger partial charge >= 0.3 is 0 Å². The van der Waals surface area contributed by atoms with Crippen LogP contribution >= 0.6 is 0 Å². The first kappa shape index (κ1) is 17.4. The number of aromatic nitrogens is 2. The molecular formula is C20H26N4O. The van der Waals surface area contributed by atoms with Crippen LogP contribution in [0.4, 0.5) is 11.5 Å². The van der Waals surface area contributed by atoms with Crippen LogP contribution in [-0.4, -0.2) is 29.0 Å². The lowest BCUT2D eigenvalue weighted by Gasteiger charge is -2.31. The fraction of sp³-hybridized carbons (Fsp3) is 0.450. The van der Waals surface area contributed by atoms with Crippen LogP contribution in [-0.2, 0) is 6.42 Å². The maximum Gasteiger partial charge on any atom is 0.274 e. The van der Waals surface area contributed by atoms with E-state index in [1.54, 1.807) is 0 Å². The predicted molar refractivity (Wildman–Crippen MR) is 101 cm³/mol. The van der Waals surface area contributed by atoms with Crippen LogP contribution in [0.5, 0.6) is 0 Å². The van der Waals surface area contributed by atoms with E-state index in [0.29, 0.717) is 11.5 Å². The SMILES string of the molecule is CCc1ccccc1NC(=O)c1cc(N2CCC(C)CC2)nc(C)n1. The lowest BCUT2D eigenvalue weighted by Crippen LogP contribution is -2.34. The fourth-order valence-electron chi connectivity index (χ4n) is 3.20. The molecule has 2 aromatic rings. The number of carbonyl (C=O) groups excluding carboxylic acids is 1. The molecule has 1 aromatic heterocycles. The molecular weight excluding hydrogens is 312 g/mol. The molecule has 1 aliphatic rings. The van der Waals surface area contributed by atoms with Gasteiger partial charge in [-0.1, -0.05) is 32.0 Å². The van der Waals surface area contributed by atoms with Crippen molar-refractivity contribution in [2.45, 2.75) is 40.0 Å². The molecule has 5 nitrogen and oxygen atoms in total. The number of rotatable bonds is 4. The van der Waals surface area contributed by atoms with Crippen LogP contribution < -0.4 is 10.2 Å². The lowest BCUT2D eigenvalue weighted by molar-refractivity contribution is 0.102. The molecule has 132 valence electrons. The number of anilines is 2. The van der Waals surface area contributed by atoms with Crippen molar-refractivity contribution < 1.29 is 4.79 Å². The van der Waals surface area contributed by atoms with Gasteiger partial charge in [-0.3, -0.25) is 4.79 Å². The summed E-state index contributed by atoms with van der Waals surface area (Å²) in [5.41, 5.74) is 2.39. The molecule has 0 bridgehead atoms. The van der Waals surface area contributed by atoms with Crippen molar-refractivity contribution in [3.63, 3.8) is 0 Å². The van der Waals surface area contributed by atoms with E-state index in [0.717, 1.165) is 55.3 Å². The van der Waals surface area contributed by atoms with Crippen molar-refractivity contribution in [2.75, 3.05) is 23.3 Å². The minimum absolute atomic E-state index is 0.182. The Kier molecular flexibility index (Phi) is 5.31. The van der Waals surface area contributed by atoms with E-state index in [4.69, 9.17) is 0 Å². The maximum atomic E-state index is 12.7. The second-order valence-corrected chi connectivity index (χ2v) is 6.79. The first-order chi connectivity index (χ1) is 12.1. The molecule has 3 rings (SSSR count). The zero-order valence-corrected chi connectivity index (χ0v) is 15.2. The standard InChI is InChI=1S/C20H26N4O/c1-4-16-7-5-6-8-17(16)23-20(25)18-13-19(22-15(3)21-18)24-11-9-14(2)10-12-24/h5-8,13-14H,4,9-12H2,1-3H3,(H,23,25). The van der Waals surface area contributed by atoms with Gasteiger partial charge < -0.3 is 10.2 Å². The number of nitrogens with zero attached hydrogens (tertiary/aromatic N) is 3. The summed E-state index contributed by atoms with van der Waals surface area (Å²) < 4.78 is 0. The Labute approximate surface area is 149 Å². The summed E-state index contributed by atoms with van der Waals surface area (Å²) in [4.78, 5) is 23.8. The smallest absolute Gasteiger partial charge is 0.274 e. The van der Waals surface area contributed by atoms with E-state index in [1.165, 1.54) is 0 Å². The summed E-state index contributed by atoms with van der Waals surface area (Å²) in [6, 6.07) is 9.69. The van der Waals surface area contributed by atoms with Crippen LogP contribution in [0.25, 0.3) is 0 Å². The Hall–Kier alpha value is -2.43. The van der Waals surface area contributed by atoms with Gasteiger partial charge in [0.15, 0.2) is 0 Å². The second kappa shape index (κ2) is 7.64. The highest BCUT2D eigenvalue weighted by Crippen LogP contribution is 2.22. The van der Waals surface area contributed by atoms with Crippen LogP contribution in [0, 0.1) is 12.8 Å². The summed E-state index contributed by atoms with van der Waals surface area (Å²) in [5, 5.41) is 2.99. The molecule has 2 heterocycles. The number of piperidine rings is 1. The number of carbonyl (C=O) groups is 1. The minimum atomic E-state index is -0.182. The summed E-state index contributed by atoms with van der Waals surface area (Å²) in [6.45, 7) is 8.17. The van der Waals surface area contributed by atoms with Crippen molar-refractivity contribution in [3.8, 4) is 0 Å². The number of hydrogen-bond acceptors (Lipinski definition) is 4. The van der Waals surface area contributed by atoms with Gasteiger partial charge in [-0.15, -0.1) is 0 Å². The van der Waals surface area contributed by atoms with Gasteiger partial charge in [0.2, 0.25) is 0 Å². The zero-order valence-electron chi connectivity index (χ0n) is 15.2. The van der Waals surface area contributed by atoms with Gasteiger partial charge in [0.05, 0.1) is 0 Å². The topological polar surface area (TPSA) is 58.1 Å². The number of aryl methyl sites for hydroxylation is 2. The monoisotopic (exact) mass is 338 g/mol. The normalized spacial score (nSPS) is 15.2. The highest BCUT2D eigenvalue weighted by molar-refractivity contribution is 6.03. The average Bonchev–Trinajstić information content (AvgIpc) is 2.62. The molecule has 1 saturated heterocycles. The van der Waals surface area contributed by atoms with Crippen molar-refractivity contribution in [3.05, 3.63) is 47.4 Å². The quantitative estimate of drug-likeness (QED) is 0.920. The van der Waals surface area contributed by atoms with Crippen LogP contribution in [0.1, 0.15) is 48.6 Å². The Morgan fingerprint density at radius 2 is 1.96 bits per heavy atom. The van der Waals surface area contributed by atoms with Gasteiger partial charge in [-0.05, 0) is 43.7 Å². The third-order valence-corrected chi connectivity index (χ3v) is 4.81. The molecule has 0 saturated carbocycles. The molecule has 25 heavy (non-hydrogen) atoms. The summed E-state index contributed by atoms with van der Waals surface area (Å²) in [5.74, 6) is 2.06. The summed E-state index contributed by atoms with van der Waals surface area (Å²) in [7, 11) is 0. The molecule has 1 N–H and O–H groups in total. The van der Waals surface area contributed by atoms with E-state index in [1.807, 2.05) is 37.3 Å². The fourth-order valence-corrected chi connectivity index (χ4v) is 3.20. The molecule has 0 radical (unpaired) electrons. The van der Waals surface area contributed by atoms with E-state index in [-0.39, 0.29) is 5.91 Å². The van der Waals surface area contributed by atoms with E-state index < -0.39 is 0 Å². The number of hydrogen-bond donors (Lipinski definition) is 1. The number of para-hydroxylation sites is 1. The summed E-state index contributed by atoms with van der Waals surface area (Å²) in [6.07, 6.45) is 3.19. The molecule has 5 heteroatoms.